The van der Waals surface area contributed by atoms with Crippen LogP contribution in [0.3, 0.4) is 0 Å². The Morgan fingerprint density at radius 3 is 2.94 bits per heavy atom. The van der Waals surface area contributed by atoms with Gasteiger partial charge in [-0.1, -0.05) is 13.3 Å². The monoisotopic (exact) mass is 250 g/mol. The van der Waals surface area contributed by atoms with E-state index in [2.05, 4.69) is 18.4 Å². The Balaban J connectivity index is 1.65. The molecule has 0 spiro atoms. The van der Waals surface area contributed by atoms with Crippen molar-refractivity contribution in [3.8, 4) is 0 Å². The van der Waals surface area contributed by atoms with E-state index in [0.29, 0.717) is 0 Å². The Hall–Kier alpha value is -0.340. The van der Waals surface area contributed by atoms with Crippen LogP contribution >= 0.6 is 11.3 Å². The summed E-state index contributed by atoms with van der Waals surface area (Å²) in [6.07, 6.45) is 7.57. The van der Waals surface area contributed by atoms with E-state index in [1.807, 2.05) is 0 Å². The second kappa shape index (κ2) is 4.74. The number of aryl methyl sites for hydroxylation is 1. The van der Waals surface area contributed by atoms with Gasteiger partial charge in [-0.2, -0.15) is 0 Å². The molecule has 2 bridgehead atoms. The van der Waals surface area contributed by atoms with Gasteiger partial charge in [0.1, 0.15) is 0 Å². The minimum Gasteiger partial charge on any atom is -0.388 e. The van der Waals surface area contributed by atoms with Gasteiger partial charge < -0.3 is 5.11 Å². The van der Waals surface area contributed by atoms with Crippen molar-refractivity contribution in [3.63, 3.8) is 0 Å². The van der Waals surface area contributed by atoms with Crippen LogP contribution in [0.15, 0.2) is 11.4 Å². The smallest absolute Gasteiger partial charge is 0.0887 e. The van der Waals surface area contributed by atoms with E-state index in [4.69, 9.17) is 0 Å². The summed E-state index contributed by atoms with van der Waals surface area (Å²) in [5.74, 6) is 2.72. The van der Waals surface area contributed by atoms with E-state index in [1.165, 1.54) is 36.1 Å². The quantitative estimate of drug-likeness (QED) is 0.850. The van der Waals surface area contributed by atoms with E-state index >= 15 is 0 Å². The van der Waals surface area contributed by atoms with Crippen LogP contribution < -0.4 is 0 Å². The average Bonchev–Trinajstić information content (AvgIpc) is 3.04. The highest BCUT2D eigenvalue weighted by Crippen LogP contribution is 2.51. The Labute approximate surface area is 108 Å². The first-order valence-electron chi connectivity index (χ1n) is 7.02. The molecular formula is C15H22OS. The predicted octanol–water partition coefficient (Wildman–Crippen LogP) is 4.17. The number of hydrogen-bond acceptors (Lipinski definition) is 2. The van der Waals surface area contributed by atoms with Crippen molar-refractivity contribution in [2.45, 2.75) is 51.6 Å². The van der Waals surface area contributed by atoms with Crippen LogP contribution in [0.25, 0.3) is 0 Å². The summed E-state index contributed by atoms with van der Waals surface area (Å²) in [5, 5.41) is 12.5. The van der Waals surface area contributed by atoms with Crippen LogP contribution in [-0.4, -0.2) is 5.11 Å². The molecule has 1 aromatic rings. The summed E-state index contributed by atoms with van der Waals surface area (Å²) in [5.41, 5.74) is 1.35. The maximum absolute atomic E-state index is 10.4. The van der Waals surface area contributed by atoms with E-state index in [-0.39, 0.29) is 6.10 Å². The van der Waals surface area contributed by atoms with Crippen LogP contribution in [0, 0.1) is 17.8 Å². The van der Waals surface area contributed by atoms with Gasteiger partial charge in [-0.15, -0.1) is 11.3 Å². The normalized spacial score (nSPS) is 33.2. The van der Waals surface area contributed by atoms with Crippen molar-refractivity contribution in [3.05, 3.63) is 21.9 Å². The molecule has 2 heteroatoms. The van der Waals surface area contributed by atoms with Crippen LogP contribution in [0.4, 0.5) is 0 Å². The largest absolute Gasteiger partial charge is 0.388 e. The lowest BCUT2D eigenvalue weighted by Crippen LogP contribution is -2.14. The fourth-order valence-electron chi connectivity index (χ4n) is 3.99. The third-order valence-electron chi connectivity index (χ3n) is 4.87. The number of rotatable bonds is 4. The van der Waals surface area contributed by atoms with E-state index in [1.54, 1.807) is 11.3 Å². The van der Waals surface area contributed by atoms with Gasteiger partial charge in [-0.05, 0) is 66.9 Å². The number of hydrogen-bond donors (Lipinski definition) is 1. The summed E-state index contributed by atoms with van der Waals surface area (Å²) in [7, 11) is 0. The van der Waals surface area contributed by atoms with Crippen molar-refractivity contribution in [1.29, 1.82) is 0 Å². The standard InChI is InChI=1S/C15H22OS/c1-2-11-5-6-17-15(11)14(16)9-13-8-10-3-4-12(13)7-10/h5-6,10,12-14,16H,2-4,7-9H2,1H3. The lowest BCUT2D eigenvalue weighted by Gasteiger charge is -2.24. The molecule has 2 aliphatic carbocycles. The van der Waals surface area contributed by atoms with Crippen molar-refractivity contribution < 1.29 is 5.11 Å². The van der Waals surface area contributed by atoms with Gasteiger partial charge in [0, 0.05) is 4.88 Å². The lowest BCUT2D eigenvalue weighted by molar-refractivity contribution is 0.128. The molecule has 0 amide bonds. The van der Waals surface area contributed by atoms with Crippen molar-refractivity contribution in [2.75, 3.05) is 0 Å². The van der Waals surface area contributed by atoms with Gasteiger partial charge in [-0.25, -0.2) is 0 Å². The second-order valence-corrected chi connectivity index (χ2v) is 6.80. The van der Waals surface area contributed by atoms with Gasteiger partial charge in [0.2, 0.25) is 0 Å². The van der Waals surface area contributed by atoms with E-state index in [0.717, 1.165) is 30.6 Å². The van der Waals surface area contributed by atoms with Gasteiger partial charge in [-0.3, -0.25) is 0 Å². The molecule has 2 aliphatic rings. The van der Waals surface area contributed by atoms with Gasteiger partial charge in [0.05, 0.1) is 6.10 Å². The zero-order chi connectivity index (χ0) is 11.8. The first kappa shape index (κ1) is 11.7. The molecule has 0 radical (unpaired) electrons. The molecule has 17 heavy (non-hydrogen) atoms. The Kier molecular flexibility index (Phi) is 3.27. The summed E-state index contributed by atoms with van der Waals surface area (Å²) < 4.78 is 0. The topological polar surface area (TPSA) is 20.2 Å². The van der Waals surface area contributed by atoms with Crippen LogP contribution in [0.1, 0.15) is 55.6 Å². The van der Waals surface area contributed by atoms with E-state index < -0.39 is 0 Å². The van der Waals surface area contributed by atoms with Gasteiger partial charge in [0.25, 0.3) is 0 Å². The number of aliphatic hydroxyl groups is 1. The highest BCUT2D eigenvalue weighted by molar-refractivity contribution is 7.10. The minimum atomic E-state index is -0.200. The van der Waals surface area contributed by atoms with Crippen LogP contribution in [0.5, 0.6) is 0 Å². The van der Waals surface area contributed by atoms with Crippen molar-refractivity contribution in [2.24, 2.45) is 17.8 Å². The molecule has 94 valence electrons. The Bertz CT molecular complexity index is 384. The van der Waals surface area contributed by atoms with E-state index in [9.17, 15) is 5.11 Å². The summed E-state index contributed by atoms with van der Waals surface area (Å²) in [6.45, 7) is 2.18. The molecule has 0 saturated heterocycles. The molecule has 2 saturated carbocycles. The molecule has 1 N–H and O–H groups in total. The van der Waals surface area contributed by atoms with Crippen LogP contribution in [-0.2, 0) is 6.42 Å². The lowest BCUT2D eigenvalue weighted by atomic mass is 9.84. The first-order valence-corrected chi connectivity index (χ1v) is 7.90. The molecule has 0 aliphatic heterocycles. The minimum absolute atomic E-state index is 0.200. The van der Waals surface area contributed by atoms with Crippen molar-refractivity contribution >= 4 is 11.3 Å². The Morgan fingerprint density at radius 2 is 2.29 bits per heavy atom. The summed E-state index contributed by atoms with van der Waals surface area (Å²) >= 11 is 1.74. The number of thiophene rings is 1. The second-order valence-electron chi connectivity index (χ2n) is 5.85. The van der Waals surface area contributed by atoms with Crippen molar-refractivity contribution in [1.82, 2.24) is 0 Å². The third-order valence-corrected chi connectivity index (χ3v) is 5.94. The molecular weight excluding hydrogens is 228 g/mol. The maximum atomic E-state index is 10.4. The summed E-state index contributed by atoms with van der Waals surface area (Å²) in [4.78, 5) is 1.23. The molecule has 3 rings (SSSR count). The summed E-state index contributed by atoms with van der Waals surface area (Å²) in [6, 6.07) is 2.17. The molecule has 1 nitrogen and oxygen atoms in total. The zero-order valence-corrected chi connectivity index (χ0v) is 11.4. The molecule has 4 atom stereocenters. The first-order chi connectivity index (χ1) is 8.28. The zero-order valence-electron chi connectivity index (χ0n) is 10.6. The number of fused-ring (bicyclic) bond motifs is 2. The van der Waals surface area contributed by atoms with Gasteiger partial charge >= 0.3 is 0 Å². The van der Waals surface area contributed by atoms with Crippen LogP contribution in [0.2, 0.25) is 0 Å². The third kappa shape index (κ3) is 2.17. The predicted molar refractivity (Wildman–Crippen MR) is 72.2 cm³/mol. The highest BCUT2D eigenvalue weighted by atomic mass is 32.1. The molecule has 2 fully saturated rings. The SMILES string of the molecule is CCc1ccsc1C(O)CC1CC2CCC1C2. The number of aliphatic hydroxyl groups excluding tert-OH is 1. The fraction of sp³-hybridized carbons (Fsp3) is 0.733. The molecule has 1 aromatic heterocycles. The highest BCUT2D eigenvalue weighted by Gasteiger charge is 2.40. The molecule has 4 unspecified atom stereocenters. The average molecular weight is 250 g/mol. The molecule has 0 aromatic carbocycles. The van der Waals surface area contributed by atoms with Gasteiger partial charge in [0.15, 0.2) is 0 Å². The fourth-order valence-corrected chi connectivity index (χ4v) is 4.99. The Morgan fingerprint density at radius 1 is 1.41 bits per heavy atom. The molecule has 1 heterocycles. The maximum Gasteiger partial charge on any atom is 0.0887 e.